The van der Waals surface area contributed by atoms with Crippen molar-refractivity contribution < 1.29 is 24.5 Å². The van der Waals surface area contributed by atoms with Gasteiger partial charge in [-0.25, -0.2) is 9.48 Å². The highest BCUT2D eigenvalue weighted by Gasteiger charge is 2.50. The van der Waals surface area contributed by atoms with Crippen LogP contribution in [0.5, 0.6) is 0 Å². The molecule has 206 valence electrons. The topological polar surface area (TPSA) is 181 Å². The zero-order valence-electron chi connectivity index (χ0n) is 21.2. The second kappa shape index (κ2) is 10.7. The Balaban J connectivity index is 1.25. The van der Waals surface area contributed by atoms with Crippen LogP contribution in [-0.2, 0) is 22.4 Å². The number of carboxylic acids is 1. The Kier molecular flexibility index (Phi) is 7.47. The van der Waals surface area contributed by atoms with Crippen LogP contribution in [0, 0.1) is 24.7 Å². The number of hydrogen-bond acceptors (Lipinski definition) is 9. The average molecular weight is 549 g/mol. The molecule has 2 aliphatic carbocycles. The number of aryl methyl sites for hydroxylation is 2. The van der Waals surface area contributed by atoms with Crippen LogP contribution in [0.2, 0.25) is 0 Å². The van der Waals surface area contributed by atoms with Crippen LogP contribution in [0.1, 0.15) is 55.4 Å². The lowest BCUT2D eigenvalue weighted by Gasteiger charge is -2.19. The minimum atomic E-state index is -1.06. The molecule has 3 aliphatic rings. The molecule has 7 atom stereocenters. The number of ether oxygens (including phenoxy) is 1. The van der Waals surface area contributed by atoms with Crippen molar-refractivity contribution in [2.75, 3.05) is 12.4 Å². The van der Waals surface area contributed by atoms with Gasteiger partial charge in [-0.15, -0.1) is 5.10 Å². The summed E-state index contributed by atoms with van der Waals surface area (Å²) in [5, 5.41) is 30.1. The molecule has 4 N–H and O–H groups in total. The second-order valence-electron chi connectivity index (χ2n) is 10.4. The summed E-state index contributed by atoms with van der Waals surface area (Å²) in [5.74, 6) is 0.977. The lowest BCUT2D eigenvalue weighted by molar-refractivity contribution is -0.138. The van der Waals surface area contributed by atoms with Gasteiger partial charge in [0.2, 0.25) is 0 Å². The predicted octanol–water partition coefficient (Wildman–Crippen LogP) is 0.615. The monoisotopic (exact) mass is 548 g/mol. The summed E-state index contributed by atoms with van der Waals surface area (Å²) in [7, 11) is 0. The predicted molar refractivity (Wildman–Crippen MR) is 136 cm³/mol. The molecule has 0 aromatic carbocycles. The number of carboxylic acid groups (broad SMARTS) is 1. The lowest BCUT2D eigenvalue weighted by atomic mass is 10.0. The minimum absolute atomic E-state index is 0.251. The van der Waals surface area contributed by atoms with Crippen LogP contribution in [0.15, 0.2) is 15.8 Å². The standard InChI is InChI=1S/C24H32N6O7S/c1-11-8-29(23(35)26-21(11)32)20-7-18(19(9-31)37-20)30-17-6-4-14-13(3-5-16(17)27-28-30)15(14)10-38-24(36)25-12(2)22(33)34/h8,12-15,18-20,31H,3-7,9-10H2,1-2H3,(H,25,36)(H,33,34)(H,26,32,35)/t12-,13-,14+,15-,18+,19-,20-/m1/s1. The SMILES string of the molecule is Cc1cn([C@H]2C[C@H](n3nnc4c3CC[C@H]3[C@@H](CC4)[C@H]3CSC(=O)N[C@H](C)C(=O)O)[C@@H](CO)O2)c(=O)[nH]c1=O. The van der Waals surface area contributed by atoms with Crippen molar-refractivity contribution in [3.63, 3.8) is 0 Å². The molecule has 1 amide bonds. The van der Waals surface area contributed by atoms with Crippen LogP contribution in [0.3, 0.4) is 0 Å². The van der Waals surface area contributed by atoms with Crippen LogP contribution < -0.4 is 16.6 Å². The number of aromatic amines is 1. The number of amides is 1. The van der Waals surface area contributed by atoms with E-state index in [0.29, 0.717) is 35.5 Å². The Morgan fingerprint density at radius 3 is 2.74 bits per heavy atom. The Bertz CT molecular complexity index is 1340. The summed E-state index contributed by atoms with van der Waals surface area (Å²) in [6, 6.07) is -1.23. The second-order valence-corrected chi connectivity index (χ2v) is 11.4. The average Bonchev–Trinajstić information content (AvgIpc) is 3.15. The Hall–Kier alpha value is -2.97. The van der Waals surface area contributed by atoms with Crippen molar-refractivity contribution in [3.05, 3.63) is 44.0 Å². The van der Waals surface area contributed by atoms with E-state index in [1.807, 2.05) is 4.68 Å². The van der Waals surface area contributed by atoms with Crippen molar-refractivity contribution in [2.45, 2.75) is 70.4 Å². The van der Waals surface area contributed by atoms with Gasteiger partial charge in [0.25, 0.3) is 10.8 Å². The van der Waals surface area contributed by atoms with Gasteiger partial charge >= 0.3 is 11.7 Å². The van der Waals surface area contributed by atoms with Gasteiger partial charge in [0.1, 0.15) is 18.4 Å². The largest absolute Gasteiger partial charge is 0.480 e. The van der Waals surface area contributed by atoms with E-state index in [-0.39, 0.29) is 17.9 Å². The fourth-order valence-electron chi connectivity index (χ4n) is 5.86. The third-order valence-electron chi connectivity index (χ3n) is 8.08. The van der Waals surface area contributed by atoms with E-state index in [2.05, 4.69) is 20.6 Å². The van der Waals surface area contributed by atoms with Crippen molar-refractivity contribution in [1.29, 1.82) is 0 Å². The molecule has 0 unspecified atom stereocenters. The molecule has 0 bridgehead atoms. The molecule has 2 aromatic heterocycles. The molecule has 14 heteroatoms. The van der Waals surface area contributed by atoms with Crippen molar-refractivity contribution in [3.8, 4) is 0 Å². The van der Waals surface area contributed by atoms with Gasteiger partial charge in [-0.1, -0.05) is 17.0 Å². The van der Waals surface area contributed by atoms with E-state index in [1.54, 1.807) is 6.92 Å². The molecule has 2 aromatic rings. The molecule has 1 saturated heterocycles. The number of carbonyl (C=O) groups is 2. The number of aromatic nitrogens is 5. The first kappa shape index (κ1) is 26.6. The van der Waals surface area contributed by atoms with E-state index < -0.39 is 35.6 Å². The first-order chi connectivity index (χ1) is 18.2. The summed E-state index contributed by atoms with van der Waals surface area (Å²) < 4.78 is 9.22. The van der Waals surface area contributed by atoms with E-state index in [9.17, 15) is 24.3 Å². The third-order valence-corrected chi connectivity index (χ3v) is 9.01. The van der Waals surface area contributed by atoms with Gasteiger partial charge in [-0.3, -0.25) is 23.9 Å². The van der Waals surface area contributed by atoms with Crippen LogP contribution in [0.4, 0.5) is 4.79 Å². The third kappa shape index (κ3) is 5.16. The number of rotatable bonds is 7. The van der Waals surface area contributed by atoms with Gasteiger partial charge in [-0.05, 0) is 57.3 Å². The molecule has 38 heavy (non-hydrogen) atoms. The van der Waals surface area contributed by atoms with Crippen LogP contribution >= 0.6 is 11.8 Å². The maximum absolute atomic E-state index is 12.4. The molecule has 13 nitrogen and oxygen atoms in total. The Labute approximate surface area is 222 Å². The quantitative estimate of drug-likeness (QED) is 0.383. The number of hydrogen-bond donors (Lipinski definition) is 4. The molecular weight excluding hydrogens is 516 g/mol. The number of thioether (sulfide) groups is 1. The van der Waals surface area contributed by atoms with Gasteiger partial charge in [0.15, 0.2) is 0 Å². The number of nitrogens with one attached hydrogen (secondary N) is 2. The van der Waals surface area contributed by atoms with Crippen molar-refractivity contribution in [2.24, 2.45) is 17.8 Å². The van der Waals surface area contributed by atoms with Crippen LogP contribution in [0.25, 0.3) is 0 Å². The van der Waals surface area contributed by atoms with E-state index in [1.165, 1.54) is 17.7 Å². The molecule has 5 rings (SSSR count). The summed E-state index contributed by atoms with van der Waals surface area (Å²) in [4.78, 5) is 49.5. The zero-order valence-corrected chi connectivity index (χ0v) is 22.0. The fraction of sp³-hybridized carbons (Fsp3) is 0.667. The number of carbonyl (C=O) groups excluding carboxylic acids is 1. The van der Waals surface area contributed by atoms with E-state index in [0.717, 1.165) is 48.8 Å². The maximum Gasteiger partial charge on any atom is 0.330 e. The zero-order chi connectivity index (χ0) is 27.1. The highest BCUT2D eigenvalue weighted by Crippen LogP contribution is 2.54. The molecule has 1 saturated carbocycles. The normalized spacial score (nSPS) is 29.0. The maximum atomic E-state index is 12.4. The summed E-state index contributed by atoms with van der Waals surface area (Å²) in [5.41, 5.74) is 1.32. The van der Waals surface area contributed by atoms with Gasteiger partial charge in [-0.2, -0.15) is 0 Å². The molecule has 2 fully saturated rings. The highest BCUT2D eigenvalue weighted by atomic mass is 32.2. The minimum Gasteiger partial charge on any atom is -0.480 e. The summed E-state index contributed by atoms with van der Waals surface area (Å²) in [6.45, 7) is 2.81. The number of fused-ring (bicyclic) bond motifs is 2. The van der Waals surface area contributed by atoms with E-state index >= 15 is 0 Å². The summed E-state index contributed by atoms with van der Waals surface area (Å²) in [6.07, 6.45) is 4.00. The van der Waals surface area contributed by atoms with Crippen molar-refractivity contribution in [1.82, 2.24) is 29.9 Å². The van der Waals surface area contributed by atoms with Gasteiger partial charge in [0.05, 0.1) is 24.0 Å². The number of nitrogens with zero attached hydrogens (tertiary/aromatic N) is 4. The smallest absolute Gasteiger partial charge is 0.330 e. The van der Waals surface area contributed by atoms with Gasteiger partial charge < -0.3 is 20.3 Å². The molecular formula is C24H32N6O7S. The number of aliphatic hydroxyl groups excluding tert-OH is 1. The first-order valence-corrected chi connectivity index (χ1v) is 13.8. The first-order valence-electron chi connectivity index (χ1n) is 12.8. The Morgan fingerprint density at radius 2 is 2.03 bits per heavy atom. The number of H-pyrrole nitrogens is 1. The molecule has 0 radical (unpaired) electrons. The number of aliphatic carboxylic acids is 1. The number of aliphatic hydroxyl groups is 1. The fourth-order valence-corrected chi connectivity index (χ4v) is 6.96. The van der Waals surface area contributed by atoms with Gasteiger partial charge in [0, 0.05) is 23.9 Å². The molecule has 3 heterocycles. The van der Waals surface area contributed by atoms with Crippen LogP contribution in [-0.4, -0.2) is 70.5 Å². The molecule has 1 aliphatic heterocycles. The highest BCUT2D eigenvalue weighted by molar-refractivity contribution is 8.13. The lowest BCUT2D eigenvalue weighted by Crippen LogP contribution is -2.36. The van der Waals surface area contributed by atoms with E-state index in [4.69, 9.17) is 9.84 Å². The Morgan fingerprint density at radius 1 is 1.29 bits per heavy atom. The molecule has 0 spiro atoms. The van der Waals surface area contributed by atoms with Crippen molar-refractivity contribution >= 4 is 23.0 Å². The summed E-state index contributed by atoms with van der Waals surface area (Å²) >= 11 is 1.15.